The van der Waals surface area contributed by atoms with Crippen molar-refractivity contribution in [2.45, 2.75) is 63.6 Å². The predicted octanol–water partition coefficient (Wildman–Crippen LogP) is 1.68. The van der Waals surface area contributed by atoms with E-state index in [1.165, 1.54) is 25.7 Å². The second kappa shape index (κ2) is 3.97. The van der Waals surface area contributed by atoms with Crippen LogP contribution in [0, 0.1) is 5.92 Å². The molecule has 2 aliphatic rings. The third kappa shape index (κ3) is 2.23. The fourth-order valence-corrected chi connectivity index (χ4v) is 2.65. The quantitative estimate of drug-likeness (QED) is 0.697. The van der Waals surface area contributed by atoms with Crippen LogP contribution < -0.4 is 5.32 Å². The van der Waals surface area contributed by atoms with Gasteiger partial charge in [-0.3, -0.25) is 0 Å². The van der Waals surface area contributed by atoms with E-state index < -0.39 is 0 Å². The maximum atomic E-state index is 9.15. The molecule has 0 spiro atoms. The van der Waals surface area contributed by atoms with Gasteiger partial charge in [-0.25, -0.2) is 0 Å². The molecule has 0 amide bonds. The highest BCUT2D eigenvalue weighted by atomic mass is 16.3. The molecular formula is C11H21NO. The lowest BCUT2D eigenvalue weighted by atomic mass is 9.89. The number of hydrogen-bond donors (Lipinski definition) is 2. The predicted molar refractivity (Wildman–Crippen MR) is 53.6 cm³/mol. The molecule has 2 N–H and O–H groups in total. The molecule has 0 aliphatic heterocycles. The lowest BCUT2D eigenvalue weighted by Crippen LogP contribution is -2.47. The van der Waals surface area contributed by atoms with Gasteiger partial charge in [0.2, 0.25) is 0 Å². The molecule has 2 aliphatic carbocycles. The summed E-state index contributed by atoms with van der Waals surface area (Å²) in [4.78, 5) is 0. The zero-order chi connectivity index (χ0) is 9.26. The van der Waals surface area contributed by atoms with Crippen molar-refractivity contribution >= 4 is 0 Å². The lowest BCUT2D eigenvalue weighted by molar-refractivity contribution is 0.0578. The fraction of sp³-hybridized carbons (Fsp3) is 1.00. The lowest BCUT2D eigenvalue weighted by Gasteiger charge is -2.34. The van der Waals surface area contributed by atoms with E-state index in [0.29, 0.717) is 6.04 Å². The van der Waals surface area contributed by atoms with E-state index in [1.54, 1.807) is 0 Å². The summed E-state index contributed by atoms with van der Waals surface area (Å²) >= 11 is 0. The third-order valence-electron chi connectivity index (χ3n) is 3.70. The Morgan fingerprint density at radius 1 is 1.15 bits per heavy atom. The first-order valence-electron chi connectivity index (χ1n) is 5.72. The summed E-state index contributed by atoms with van der Waals surface area (Å²) in [6, 6.07) is 1.37. The average molecular weight is 183 g/mol. The van der Waals surface area contributed by atoms with Gasteiger partial charge >= 0.3 is 0 Å². The summed E-state index contributed by atoms with van der Waals surface area (Å²) in [6.45, 7) is 2.29. The zero-order valence-electron chi connectivity index (χ0n) is 8.50. The van der Waals surface area contributed by atoms with Crippen molar-refractivity contribution < 1.29 is 5.11 Å². The van der Waals surface area contributed by atoms with Gasteiger partial charge in [-0.2, -0.15) is 0 Å². The monoisotopic (exact) mass is 183 g/mol. The van der Waals surface area contributed by atoms with Gasteiger partial charge in [0.05, 0.1) is 6.10 Å². The first-order valence-corrected chi connectivity index (χ1v) is 5.72. The van der Waals surface area contributed by atoms with E-state index in [9.17, 15) is 0 Å². The number of hydrogen-bond acceptors (Lipinski definition) is 2. The van der Waals surface area contributed by atoms with E-state index in [2.05, 4.69) is 12.2 Å². The number of nitrogens with one attached hydrogen (secondary N) is 1. The molecule has 0 aromatic carbocycles. The molecule has 0 saturated heterocycles. The standard InChI is InChI=1S/C11H21NO/c1-2-8-3-4-9(5-8)12-10-6-11(13)7-10/h8-13H,2-7H2,1H3. The summed E-state index contributed by atoms with van der Waals surface area (Å²) in [5.41, 5.74) is 0. The Hall–Kier alpha value is -0.0800. The zero-order valence-corrected chi connectivity index (χ0v) is 8.50. The topological polar surface area (TPSA) is 32.3 Å². The summed E-state index contributed by atoms with van der Waals surface area (Å²) in [5, 5.41) is 12.8. The molecule has 2 heteroatoms. The minimum Gasteiger partial charge on any atom is -0.393 e. The molecular weight excluding hydrogens is 162 g/mol. The van der Waals surface area contributed by atoms with Crippen molar-refractivity contribution in [3.63, 3.8) is 0 Å². The molecule has 2 rings (SSSR count). The van der Waals surface area contributed by atoms with E-state index >= 15 is 0 Å². The Bertz CT molecular complexity index is 165. The average Bonchev–Trinajstić information content (AvgIpc) is 2.50. The first-order chi connectivity index (χ1) is 6.28. The van der Waals surface area contributed by atoms with Gasteiger partial charge in [-0.05, 0) is 38.0 Å². The van der Waals surface area contributed by atoms with Crippen LogP contribution in [0.5, 0.6) is 0 Å². The van der Waals surface area contributed by atoms with Crippen LogP contribution in [0.3, 0.4) is 0 Å². The molecule has 0 aromatic heterocycles. The third-order valence-corrected chi connectivity index (χ3v) is 3.70. The van der Waals surface area contributed by atoms with Crippen molar-refractivity contribution in [1.29, 1.82) is 0 Å². The molecule has 2 unspecified atom stereocenters. The van der Waals surface area contributed by atoms with Crippen LogP contribution in [0.25, 0.3) is 0 Å². The Balaban J connectivity index is 1.66. The first kappa shape index (κ1) is 9.47. The Labute approximate surface area is 80.7 Å². The molecule has 2 nitrogen and oxygen atoms in total. The smallest absolute Gasteiger partial charge is 0.0570 e. The van der Waals surface area contributed by atoms with Crippen LogP contribution in [0.15, 0.2) is 0 Å². The largest absolute Gasteiger partial charge is 0.393 e. The number of rotatable bonds is 3. The van der Waals surface area contributed by atoms with Gasteiger partial charge in [0, 0.05) is 12.1 Å². The fourth-order valence-electron chi connectivity index (χ4n) is 2.65. The van der Waals surface area contributed by atoms with E-state index in [-0.39, 0.29) is 6.10 Å². The molecule has 0 bridgehead atoms. The van der Waals surface area contributed by atoms with Gasteiger partial charge < -0.3 is 10.4 Å². The van der Waals surface area contributed by atoms with Crippen molar-refractivity contribution in [2.75, 3.05) is 0 Å². The van der Waals surface area contributed by atoms with Crippen LogP contribution in [-0.4, -0.2) is 23.3 Å². The summed E-state index contributed by atoms with van der Waals surface area (Å²) in [7, 11) is 0. The summed E-state index contributed by atoms with van der Waals surface area (Å²) < 4.78 is 0. The van der Waals surface area contributed by atoms with Gasteiger partial charge in [-0.1, -0.05) is 13.3 Å². The van der Waals surface area contributed by atoms with E-state index in [0.717, 1.165) is 24.8 Å². The Morgan fingerprint density at radius 2 is 1.92 bits per heavy atom. The van der Waals surface area contributed by atoms with E-state index in [4.69, 9.17) is 5.11 Å². The van der Waals surface area contributed by atoms with Crippen molar-refractivity contribution in [3.05, 3.63) is 0 Å². The van der Waals surface area contributed by atoms with Gasteiger partial charge in [-0.15, -0.1) is 0 Å². The minimum atomic E-state index is -0.0131. The normalized spacial score (nSPS) is 44.8. The van der Waals surface area contributed by atoms with Gasteiger partial charge in [0.15, 0.2) is 0 Å². The SMILES string of the molecule is CCC1CCC(NC2CC(O)C2)C1. The molecule has 0 heterocycles. The maximum absolute atomic E-state index is 9.15. The molecule has 2 atom stereocenters. The molecule has 76 valence electrons. The second-order valence-electron chi connectivity index (χ2n) is 4.77. The highest BCUT2D eigenvalue weighted by molar-refractivity contribution is 4.89. The molecule has 13 heavy (non-hydrogen) atoms. The van der Waals surface area contributed by atoms with Crippen molar-refractivity contribution in [3.8, 4) is 0 Å². The second-order valence-corrected chi connectivity index (χ2v) is 4.77. The van der Waals surface area contributed by atoms with Crippen LogP contribution in [0.2, 0.25) is 0 Å². The number of aliphatic hydroxyl groups is 1. The van der Waals surface area contributed by atoms with Crippen LogP contribution in [0.1, 0.15) is 45.4 Å². The van der Waals surface area contributed by atoms with Crippen LogP contribution in [0.4, 0.5) is 0 Å². The summed E-state index contributed by atoms with van der Waals surface area (Å²) in [6.07, 6.45) is 7.41. The number of aliphatic hydroxyl groups excluding tert-OH is 1. The summed E-state index contributed by atoms with van der Waals surface area (Å²) in [5.74, 6) is 0.961. The van der Waals surface area contributed by atoms with Crippen LogP contribution >= 0.6 is 0 Å². The van der Waals surface area contributed by atoms with Crippen molar-refractivity contribution in [2.24, 2.45) is 5.92 Å². The molecule has 2 saturated carbocycles. The Morgan fingerprint density at radius 3 is 2.46 bits per heavy atom. The molecule has 0 aromatic rings. The minimum absolute atomic E-state index is 0.0131. The van der Waals surface area contributed by atoms with Gasteiger partial charge in [0.25, 0.3) is 0 Å². The maximum Gasteiger partial charge on any atom is 0.0570 e. The highest BCUT2D eigenvalue weighted by Gasteiger charge is 2.31. The molecule has 0 radical (unpaired) electrons. The van der Waals surface area contributed by atoms with Gasteiger partial charge in [0.1, 0.15) is 0 Å². The van der Waals surface area contributed by atoms with Crippen molar-refractivity contribution in [1.82, 2.24) is 5.32 Å². The molecule has 2 fully saturated rings. The Kier molecular flexibility index (Phi) is 2.89. The van der Waals surface area contributed by atoms with E-state index in [1.807, 2.05) is 0 Å². The highest BCUT2D eigenvalue weighted by Crippen LogP contribution is 2.30. The van der Waals surface area contributed by atoms with Crippen LogP contribution in [-0.2, 0) is 0 Å².